The molecule has 1 aromatic carbocycles. The van der Waals surface area contributed by atoms with Crippen LogP contribution in [-0.4, -0.2) is 0 Å². The highest BCUT2D eigenvalue weighted by atomic mass is 127. The van der Waals surface area contributed by atoms with E-state index in [0.717, 1.165) is 18.6 Å². The summed E-state index contributed by atoms with van der Waals surface area (Å²) in [5.74, 6) is 0. The first kappa shape index (κ1) is 9.77. The van der Waals surface area contributed by atoms with Crippen LogP contribution in [0.25, 0.3) is 0 Å². The number of halogens is 3. The van der Waals surface area contributed by atoms with E-state index in [9.17, 15) is 0 Å². The maximum Gasteiger partial charge on any atom is 0.0550 e. The predicted molar refractivity (Wildman–Crippen MR) is 59.8 cm³/mol. The Morgan fingerprint density at radius 1 is 1.55 bits per heavy atom. The van der Waals surface area contributed by atoms with Crippen molar-refractivity contribution in [2.75, 3.05) is 0 Å². The van der Waals surface area contributed by atoms with Crippen molar-refractivity contribution in [2.24, 2.45) is 5.73 Å². The molecule has 2 N–H and O–H groups in total. The van der Waals surface area contributed by atoms with Gasteiger partial charge < -0.3 is 5.73 Å². The van der Waals surface area contributed by atoms with Gasteiger partial charge in [0.15, 0.2) is 0 Å². The third-order valence-electron chi connectivity index (χ3n) is 1.31. The van der Waals surface area contributed by atoms with Gasteiger partial charge in [0.05, 0.1) is 5.02 Å². The Bertz CT molecular complexity index is 277. The van der Waals surface area contributed by atoms with E-state index in [1.165, 1.54) is 0 Å². The molecule has 1 aromatic rings. The Morgan fingerprint density at radius 3 is 2.73 bits per heavy atom. The maximum atomic E-state index is 5.86. The van der Waals surface area contributed by atoms with Gasteiger partial charge in [0.2, 0.25) is 0 Å². The quantitative estimate of drug-likeness (QED) is 0.613. The Kier molecular flexibility index (Phi) is 3.61. The molecule has 0 heterocycles. The minimum Gasteiger partial charge on any atom is -0.326 e. The van der Waals surface area contributed by atoms with Crippen LogP contribution in [0.4, 0.5) is 0 Å². The van der Waals surface area contributed by atoms with Crippen LogP contribution in [0, 0.1) is 3.57 Å². The fraction of sp³-hybridized carbons (Fsp3) is 0.143. The summed E-state index contributed by atoms with van der Waals surface area (Å²) < 4.78 is 2.01. The second-order valence-corrected chi connectivity index (χ2v) is 4.49. The third kappa shape index (κ3) is 2.31. The molecule has 60 valence electrons. The Morgan fingerprint density at radius 2 is 2.18 bits per heavy atom. The minimum absolute atomic E-state index is 0.535. The van der Waals surface area contributed by atoms with Gasteiger partial charge >= 0.3 is 0 Å². The van der Waals surface area contributed by atoms with Gasteiger partial charge in [-0.05, 0) is 40.3 Å². The van der Waals surface area contributed by atoms with Gasteiger partial charge in [-0.3, -0.25) is 0 Å². The summed E-state index contributed by atoms with van der Waals surface area (Å²) in [6.07, 6.45) is 0. The molecular formula is C7H6BrClIN. The van der Waals surface area contributed by atoms with E-state index >= 15 is 0 Å². The van der Waals surface area contributed by atoms with Crippen molar-refractivity contribution in [3.8, 4) is 0 Å². The summed E-state index contributed by atoms with van der Waals surface area (Å²) in [5, 5.41) is 0.759. The molecule has 0 atom stereocenters. The molecule has 1 rings (SSSR count). The van der Waals surface area contributed by atoms with Crippen LogP contribution in [0.1, 0.15) is 5.56 Å². The van der Waals surface area contributed by atoms with E-state index in [0.29, 0.717) is 6.54 Å². The van der Waals surface area contributed by atoms with Gasteiger partial charge in [0.25, 0.3) is 0 Å². The van der Waals surface area contributed by atoms with Crippen LogP contribution < -0.4 is 5.73 Å². The lowest BCUT2D eigenvalue weighted by Crippen LogP contribution is -1.97. The molecule has 0 aromatic heterocycles. The largest absolute Gasteiger partial charge is 0.326 e. The molecular weight excluding hydrogens is 340 g/mol. The monoisotopic (exact) mass is 345 g/mol. The second-order valence-electron chi connectivity index (χ2n) is 2.06. The van der Waals surface area contributed by atoms with Gasteiger partial charge in [-0.2, -0.15) is 0 Å². The van der Waals surface area contributed by atoms with Crippen molar-refractivity contribution < 1.29 is 0 Å². The van der Waals surface area contributed by atoms with Crippen LogP contribution >= 0.6 is 50.1 Å². The fourth-order valence-corrected chi connectivity index (χ4v) is 2.05. The van der Waals surface area contributed by atoms with E-state index in [4.69, 9.17) is 17.3 Å². The first-order chi connectivity index (χ1) is 5.15. The predicted octanol–water partition coefficient (Wildman–Crippen LogP) is 3.17. The minimum atomic E-state index is 0.535. The highest BCUT2D eigenvalue weighted by Gasteiger charge is 2.02. The Hall–Kier alpha value is 0.680. The number of benzene rings is 1. The van der Waals surface area contributed by atoms with E-state index in [-0.39, 0.29) is 0 Å². The SMILES string of the molecule is NCc1cc(I)c(Cl)cc1Br. The van der Waals surface area contributed by atoms with Gasteiger partial charge in [0.1, 0.15) is 0 Å². The summed E-state index contributed by atoms with van der Waals surface area (Å²) in [6, 6.07) is 3.85. The molecule has 0 saturated heterocycles. The zero-order valence-electron chi connectivity index (χ0n) is 5.57. The number of nitrogens with two attached hydrogens (primary N) is 1. The van der Waals surface area contributed by atoms with Crippen molar-refractivity contribution in [3.05, 3.63) is 30.8 Å². The molecule has 1 nitrogen and oxygen atoms in total. The average molecular weight is 346 g/mol. The highest BCUT2D eigenvalue weighted by Crippen LogP contribution is 2.26. The standard InChI is InChI=1S/C7H6BrClIN/c8-5-2-6(9)7(10)1-4(5)3-11/h1-2H,3,11H2. The third-order valence-corrected chi connectivity index (χ3v) is 3.57. The van der Waals surface area contributed by atoms with Gasteiger partial charge in [0, 0.05) is 14.6 Å². The van der Waals surface area contributed by atoms with Crippen LogP contribution in [0.3, 0.4) is 0 Å². The first-order valence-corrected chi connectivity index (χ1v) is 5.23. The van der Waals surface area contributed by atoms with Gasteiger partial charge in [-0.15, -0.1) is 0 Å². The van der Waals surface area contributed by atoms with Crippen molar-refractivity contribution in [3.63, 3.8) is 0 Å². The molecule has 0 radical (unpaired) electrons. The molecule has 0 fully saturated rings. The maximum absolute atomic E-state index is 5.86. The number of hydrogen-bond acceptors (Lipinski definition) is 1. The molecule has 0 amide bonds. The molecule has 0 aliphatic heterocycles. The smallest absolute Gasteiger partial charge is 0.0550 e. The Balaban J connectivity index is 3.21. The lowest BCUT2D eigenvalue weighted by atomic mass is 10.2. The summed E-state index contributed by atoms with van der Waals surface area (Å²) in [5.41, 5.74) is 6.58. The molecule has 0 unspecified atom stereocenters. The van der Waals surface area contributed by atoms with E-state index in [1.54, 1.807) is 0 Å². The molecule has 0 aliphatic rings. The molecule has 0 bridgehead atoms. The summed E-state index contributed by atoms with van der Waals surface area (Å²) in [7, 11) is 0. The van der Waals surface area contributed by atoms with E-state index < -0.39 is 0 Å². The van der Waals surface area contributed by atoms with Crippen molar-refractivity contribution in [2.45, 2.75) is 6.54 Å². The zero-order chi connectivity index (χ0) is 8.43. The summed E-state index contributed by atoms with van der Waals surface area (Å²) >= 11 is 11.4. The number of rotatable bonds is 1. The van der Waals surface area contributed by atoms with Gasteiger partial charge in [-0.25, -0.2) is 0 Å². The molecule has 0 spiro atoms. The molecule has 0 aliphatic carbocycles. The molecule has 0 saturated carbocycles. The average Bonchev–Trinajstić information content (AvgIpc) is 1.97. The van der Waals surface area contributed by atoms with Crippen LogP contribution in [-0.2, 0) is 6.54 Å². The summed E-state index contributed by atoms with van der Waals surface area (Å²) in [4.78, 5) is 0. The van der Waals surface area contributed by atoms with Crippen molar-refractivity contribution in [1.82, 2.24) is 0 Å². The van der Waals surface area contributed by atoms with Crippen LogP contribution in [0.5, 0.6) is 0 Å². The zero-order valence-corrected chi connectivity index (χ0v) is 10.1. The molecule has 11 heavy (non-hydrogen) atoms. The fourth-order valence-electron chi connectivity index (χ4n) is 0.720. The topological polar surface area (TPSA) is 26.0 Å². The summed E-state index contributed by atoms with van der Waals surface area (Å²) in [6.45, 7) is 0.535. The Labute approximate surface area is 92.6 Å². The lowest BCUT2D eigenvalue weighted by Gasteiger charge is -2.02. The normalized spacial score (nSPS) is 10.2. The molecule has 4 heteroatoms. The highest BCUT2D eigenvalue weighted by molar-refractivity contribution is 14.1. The second kappa shape index (κ2) is 4.07. The van der Waals surface area contributed by atoms with E-state index in [1.807, 2.05) is 12.1 Å². The lowest BCUT2D eigenvalue weighted by molar-refractivity contribution is 1.06. The van der Waals surface area contributed by atoms with Crippen molar-refractivity contribution >= 4 is 50.1 Å². The van der Waals surface area contributed by atoms with E-state index in [2.05, 4.69) is 38.5 Å². The number of hydrogen-bond donors (Lipinski definition) is 1. The van der Waals surface area contributed by atoms with Crippen molar-refractivity contribution in [1.29, 1.82) is 0 Å². The van der Waals surface area contributed by atoms with Gasteiger partial charge in [-0.1, -0.05) is 27.5 Å². The van der Waals surface area contributed by atoms with Crippen LogP contribution in [0.15, 0.2) is 16.6 Å². The van der Waals surface area contributed by atoms with Crippen LogP contribution in [0.2, 0.25) is 5.02 Å². The first-order valence-electron chi connectivity index (χ1n) is 2.98.